The van der Waals surface area contributed by atoms with Crippen LogP contribution in [0.3, 0.4) is 0 Å². The summed E-state index contributed by atoms with van der Waals surface area (Å²) >= 11 is 0. The van der Waals surface area contributed by atoms with Crippen LogP contribution in [0.5, 0.6) is 5.75 Å². The van der Waals surface area contributed by atoms with Crippen molar-refractivity contribution in [2.45, 2.75) is 13.3 Å². The quantitative estimate of drug-likeness (QED) is 0.833. The van der Waals surface area contributed by atoms with Gasteiger partial charge in [-0.1, -0.05) is 31.2 Å². The summed E-state index contributed by atoms with van der Waals surface area (Å²) in [6, 6.07) is 16.0. The van der Waals surface area contributed by atoms with Crippen LogP contribution >= 0.6 is 0 Å². The van der Waals surface area contributed by atoms with Crippen LogP contribution in [-0.2, 0) is 9.53 Å². The van der Waals surface area contributed by atoms with Gasteiger partial charge in [0, 0.05) is 31.0 Å². The molecular formula is C19H22N2O4. The molecule has 0 saturated heterocycles. The van der Waals surface area contributed by atoms with E-state index in [2.05, 4.69) is 5.32 Å². The lowest BCUT2D eigenvalue weighted by Crippen LogP contribution is -2.36. The van der Waals surface area contributed by atoms with Gasteiger partial charge in [0.2, 0.25) is 5.91 Å². The maximum atomic E-state index is 12.6. The van der Waals surface area contributed by atoms with Crippen molar-refractivity contribution >= 4 is 23.4 Å². The zero-order valence-electron chi connectivity index (χ0n) is 14.4. The normalized spacial score (nSPS) is 10.2. The van der Waals surface area contributed by atoms with Crippen LogP contribution in [0.25, 0.3) is 0 Å². The Morgan fingerprint density at radius 2 is 1.84 bits per heavy atom. The molecule has 0 aliphatic rings. The number of nitrogens with zero attached hydrogens (tertiary/aromatic N) is 1. The topological polar surface area (TPSA) is 67.9 Å². The maximum Gasteiger partial charge on any atom is 0.419 e. The Labute approximate surface area is 147 Å². The monoisotopic (exact) mass is 342 g/mol. The summed E-state index contributed by atoms with van der Waals surface area (Å²) in [5.74, 6) is 0.256. The summed E-state index contributed by atoms with van der Waals surface area (Å²) in [5, 5.41) is 2.74. The van der Waals surface area contributed by atoms with Crippen LogP contribution in [0.1, 0.15) is 13.3 Å². The second-order valence-corrected chi connectivity index (χ2v) is 5.28. The smallest absolute Gasteiger partial charge is 0.410 e. The average Bonchev–Trinajstić information content (AvgIpc) is 2.63. The van der Waals surface area contributed by atoms with E-state index < -0.39 is 6.09 Å². The number of hydrogen-bond donors (Lipinski definition) is 1. The Morgan fingerprint density at radius 3 is 2.52 bits per heavy atom. The van der Waals surface area contributed by atoms with Gasteiger partial charge >= 0.3 is 6.09 Å². The first-order valence-corrected chi connectivity index (χ1v) is 8.07. The third-order valence-corrected chi connectivity index (χ3v) is 3.45. The molecule has 0 aliphatic carbocycles. The van der Waals surface area contributed by atoms with Gasteiger partial charge in [-0.25, -0.2) is 4.79 Å². The van der Waals surface area contributed by atoms with Gasteiger partial charge in [-0.2, -0.15) is 0 Å². The molecule has 2 aromatic rings. The Kier molecular flexibility index (Phi) is 6.98. The molecule has 0 aromatic heterocycles. The number of ether oxygens (including phenoxy) is 2. The zero-order valence-corrected chi connectivity index (χ0v) is 14.4. The molecule has 2 amide bonds. The predicted octanol–water partition coefficient (Wildman–Crippen LogP) is 3.69. The largest absolute Gasteiger partial charge is 0.419 e. The van der Waals surface area contributed by atoms with Gasteiger partial charge in [-0.3, -0.25) is 9.69 Å². The van der Waals surface area contributed by atoms with Crippen molar-refractivity contribution in [3.8, 4) is 5.75 Å². The summed E-state index contributed by atoms with van der Waals surface area (Å²) in [5.41, 5.74) is 1.31. The van der Waals surface area contributed by atoms with Gasteiger partial charge < -0.3 is 14.8 Å². The second-order valence-electron chi connectivity index (χ2n) is 5.28. The summed E-state index contributed by atoms with van der Waals surface area (Å²) in [4.78, 5) is 25.6. The Hall–Kier alpha value is -2.86. The minimum Gasteiger partial charge on any atom is -0.410 e. The molecule has 0 heterocycles. The van der Waals surface area contributed by atoms with E-state index >= 15 is 0 Å². The molecule has 0 radical (unpaired) electrons. The van der Waals surface area contributed by atoms with Crippen molar-refractivity contribution in [3.05, 3.63) is 54.6 Å². The molecular weight excluding hydrogens is 320 g/mol. The zero-order chi connectivity index (χ0) is 18.1. The Morgan fingerprint density at radius 1 is 1.08 bits per heavy atom. The number of anilines is 2. The highest BCUT2D eigenvalue weighted by Crippen LogP contribution is 2.20. The van der Waals surface area contributed by atoms with Crippen LogP contribution in [0, 0.1) is 0 Å². The highest BCUT2D eigenvalue weighted by molar-refractivity contribution is 5.91. The number of carbonyl (C=O) groups is 2. The number of carbonyl (C=O) groups excluding carboxylic acids is 2. The Balaban J connectivity index is 2.12. The van der Waals surface area contributed by atoms with E-state index in [4.69, 9.17) is 9.47 Å². The number of rotatable bonds is 7. The third kappa shape index (κ3) is 5.61. The maximum absolute atomic E-state index is 12.6. The third-order valence-electron chi connectivity index (χ3n) is 3.45. The predicted molar refractivity (Wildman–Crippen MR) is 97.1 cm³/mol. The van der Waals surface area contributed by atoms with Crippen LogP contribution in [0.2, 0.25) is 0 Å². The molecule has 0 saturated carbocycles. The molecule has 0 unspecified atom stereocenters. The van der Waals surface area contributed by atoms with E-state index in [-0.39, 0.29) is 5.91 Å². The van der Waals surface area contributed by atoms with Crippen molar-refractivity contribution in [1.82, 2.24) is 0 Å². The van der Waals surface area contributed by atoms with Crippen molar-refractivity contribution in [2.24, 2.45) is 0 Å². The van der Waals surface area contributed by atoms with Crippen molar-refractivity contribution in [3.63, 3.8) is 0 Å². The first-order chi connectivity index (χ1) is 12.1. The van der Waals surface area contributed by atoms with Crippen LogP contribution < -0.4 is 15.0 Å². The lowest BCUT2D eigenvalue weighted by molar-refractivity contribution is -0.115. The lowest BCUT2D eigenvalue weighted by atomic mass is 10.3. The first kappa shape index (κ1) is 18.5. The number of para-hydroxylation sites is 1. The van der Waals surface area contributed by atoms with E-state index in [9.17, 15) is 9.59 Å². The fourth-order valence-electron chi connectivity index (χ4n) is 2.16. The summed E-state index contributed by atoms with van der Waals surface area (Å²) in [6.07, 6.45) is -0.134. The van der Waals surface area contributed by atoms with E-state index in [1.807, 2.05) is 30.3 Å². The van der Waals surface area contributed by atoms with Crippen LogP contribution in [0.15, 0.2) is 54.6 Å². The molecule has 6 nitrogen and oxygen atoms in total. The van der Waals surface area contributed by atoms with E-state index in [0.717, 1.165) is 5.69 Å². The van der Waals surface area contributed by atoms with Crippen molar-refractivity contribution in [1.29, 1.82) is 0 Å². The number of amides is 2. The van der Waals surface area contributed by atoms with Gasteiger partial charge in [-0.15, -0.1) is 0 Å². The molecule has 0 fully saturated rings. The van der Waals surface area contributed by atoms with E-state index in [0.29, 0.717) is 31.0 Å². The van der Waals surface area contributed by atoms with Gasteiger partial charge in [0.1, 0.15) is 5.75 Å². The number of benzene rings is 2. The fourth-order valence-corrected chi connectivity index (χ4v) is 2.16. The van der Waals surface area contributed by atoms with Crippen LogP contribution in [-0.4, -0.2) is 32.3 Å². The summed E-state index contributed by atoms with van der Waals surface area (Å²) in [6.45, 7) is 2.52. The second kappa shape index (κ2) is 9.44. The highest BCUT2D eigenvalue weighted by Gasteiger charge is 2.18. The minimum atomic E-state index is -0.512. The highest BCUT2D eigenvalue weighted by atomic mass is 16.6. The van der Waals surface area contributed by atoms with Gasteiger partial charge in [0.05, 0.1) is 13.2 Å². The molecule has 0 bridgehead atoms. The molecule has 2 aromatic carbocycles. The van der Waals surface area contributed by atoms with Gasteiger partial charge in [0.25, 0.3) is 0 Å². The minimum absolute atomic E-state index is 0.102. The molecule has 0 aliphatic heterocycles. The Bertz CT molecular complexity index is 704. The standard InChI is InChI=1S/C19H22N2O4/c1-3-18(22)20-15-8-7-11-17(14-15)25-19(23)21(12-13-24-2)16-9-5-4-6-10-16/h4-11,14H,3,12-13H2,1-2H3,(H,20,22). The SMILES string of the molecule is CCC(=O)Nc1cccc(OC(=O)N(CCOC)c2ccccc2)c1. The van der Waals surface area contributed by atoms with Crippen molar-refractivity contribution in [2.75, 3.05) is 30.5 Å². The van der Waals surface area contributed by atoms with Crippen LogP contribution in [0.4, 0.5) is 16.2 Å². The van der Waals surface area contributed by atoms with Gasteiger partial charge in [-0.05, 0) is 24.3 Å². The number of hydrogen-bond acceptors (Lipinski definition) is 4. The molecule has 0 spiro atoms. The molecule has 0 atom stereocenters. The molecule has 2 rings (SSSR count). The average molecular weight is 342 g/mol. The fraction of sp³-hybridized carbons (Fsp3) is 0.263. The van der Waals surface area contributed by atoms with Gasteiger partial charge in [0.15, 0.2) is 0 Å². The number of nitrogens with one attached hydrogen (secondary N) is 1. The molecule has 6 heteroatoms. The van der Waals surface area contributed by atoms with Crippen molar-refractivity contribution < 1.29 is 19.1 Å². The summed E-state index contributed by atoms with van der Waals surface area (Å²) in [7, 11) is 1.58. The molecule has 132 valence electrons. The molecule has 1 N–H and O–H groups in total. The number of methoxy groups -OCH3 is 1. The lowest BCUT2D eigenvalue weighted by Gasteiger charge is -2.21. The molecule has 25 heavy (non-hydrogen) atoms. The van der Waals surface area contributed by atoms with E-state index in [1.165, 1.54) is 4.90 Å². The first-order valence-electron chi connectivity index (χ1n) is 8.07. The summed E-state index contributed by atoms with van der Waals surface area (Å²) < 4.78 is 10.5. The van der Waals surface area contributed by atoms with E-state index in [1.54, 1.807) is 38.3 Å².